The van der Waals surface area contributed by atoms with Crippen molar-refractivity contribution in [3.63, 3.8) is 0 Å². The van der Waals surface area contributed by atoms with Crippen LogP contribution in [0.15, 0.2) is 48.7 Å². The first kappa shape index (κ1) is 19.0. The van der Waals surface area contributed by atoms with Gasteiger partial charge in [0.15, 0.2) is 0 Å². The van der Waals surface area contributed by atoms with E-state index in [4.69, 9.17) is 21.1 Å². The highest BCUT2D eigenvalue weighted by molar-refractivity contribution is 6.31. The zero-order valence-corrected chi connectivity index (χ0v) is 16.0. The van der Waals surface area contributed by atoms with Gasteiger partial charge >= 0.3 is 5.97 Å². The van der Waals surface area contributed by atoms with Crippen molar-refractivity contribution in [1.82, 2.24) is 4.98 Å². The molecule has 0 saturated carbocycles. The summed E-state index contributed by atoms with van der Waals surface area (Å²) in [6.07, 6.45) is 2.47. The number of hydrogen-bond donors (Lipinski definition) is 1. The Morgan fingerprint density at radius 2 is 1.93 bits per heavy atom. The molecule has 5 nitrogen and oxygen atoms in total. The molecule has 0 spiro atoms. The van der Waals surface area contributed by atoms with Gasteiger partial charge in [0.25, 0.3) is 0 Å². The van der Waals surface area contributed by atoms with E-state index in [0.29, 0.717) is 22.9 Å². The van der Waals surface area contributed by atoms with Gasteiger partial charge in [0.05, 0.1) is 24.4 Å². The van der Waals surface area contributed by atoms with E-state index in [1.54, 1.807) is 19.1 Å². The topological polar surface area (TPSA) is 60.5 Å². The normalized spacial score (nSPS) is 10.6. The van der Waals surface area contributed by atoms with Gasteiger partial charge in [-0.15, -0.1) is 0 Å². The number of rotatable bonds is 7. The van der Waals surface area contributed by atoms with Gasteiger partial charge in [-0.1, -0.05) is 18.5 Å². The number of aromatic nitrogens is 1. The summed E-state index contributed by atoms with van der Waals surface area (Å²) in [7, 11) is 0. The molecular weight excluding hydrogens is 364 g/mol. The highest BCUT2D eigenvalue weighted by atomic mass is 35.5. The minimum atomic E-state index is -0.433. The van der Waals surface area contributed by atoms with Gasteiger partial charge in [0, 0.05) is 22.3 Å². The van der Waals surface area contributed by atoms with Crippen LogP contribution in [-0.2, 0) is 4.74 Å². The zero-order chi connectivity index (χ0) is 19.2. The molecule has 0 amide bonds. The largest absolute Gasteiger partial charge is 0.494 e. The number of fused-ring (bicyclic) bond motifs is 1. The lowest BCUT2D eigenvalue weighted by Gasteiger charge is -2.15. The molecule has 0 saturated heterocycles. The predicted molar refractivity (Wildman–Crippen MR) is 108 cm³/mol. The summed E-state index contributed by atoms with van der Waals surface area (Å²) in [5.41, 5.74) is 2.52. The standard InChI is InChI=1S/C21H21ClN2O3/c1-3-11-27-16-8-6-15(7-9-16)24-20-17-12-14(22)5-10-19(17)23-13-18(20)21(25)26-4-2/h5-10,12-13H,3-4,11H2,1-2H3,(H,23,24). The molecule has 0 fully saturated rings. The van der Waals surface area contributed by atoms with Crippen molar-refractivity contribution in [2.75, 3.05) is 18.5 Å². The summed E-state index contributed by atoms with van der Waals surface area (Å²) < 4.78 is 10.8. The third-order valence-corrected chi connectivity index (χ3v) is 4.16. The number of nitrogens with zero attached hydrogens (tertiary/aromatic N) is 1. The van der Waals surface area contributed by atoms with Gasteiger partial charge in [-0.05, 0) is 55.8 Å². The van der Waals surface area contributed by atoms with E-state index in [2.05, 4.69) is 17.2 Å². The maximum Gasteiger partial charge on any atom is 0.341 e. The van der Waals surface area contributed by atoms with E-state index < -0.39 is 5.97 Å². The molecular formula is C21H21ClN2O3. The fraction of sp³-hybridized carbons (Fsp3) is 0.238. The summed E-state index contributed by atoms with van der Waals surface area (Å²) >= 11 is 6.17. The minimum Gasteiger partial charge on any atom is -0.494 e. The van der Waals surface area contributed by atoms with Crippen LogP contribution in [0, 0.1) is 0 Å². The first-order valence-electron chi connectivity index (χ1n) is 8.87. The fourth-order valence-electron chi connectivity index (χ4n) is 2.66. The Morgan fingerprint density at radius 3 is 2.63 bits per heavy atom. The molecule has 0 aliphatic carbocycles. The number of hydrogen-bond acceptors (Lipinski definition) is 5. The van der Waals surface area contributed by atoms with Gasteiger partial charge in [-0.3, -0.25) is 4.98 Å². The lowest BCUT2D eigenvalue weighted by atomic mass is 10.1. The number of carbonyl (C=O) groups excluding carboxylic acids is 1. The predicted octanol–water partition coefficient (Wildman–Crippen LogP) is 5.60. The number of esters is 1. The summed E-state index contributed by atoms with van der Waals surface area (Å²) in [5, 5.41) is 4.63. The highest BCUT2D eigenvalue weighted by Gasteiger charge is 2.17. The van der Waals surface area contributed by atoms with E-state index in [9.17, 15) is 4.79 Å². The number of pyridine rings is 1. The molecule has 0 atom stereocenters. The van der Waals surface area contributed by atoms with Crippen molar-refractivity contribution in [1.29, 1.82) is 0 Å². The highest BCUT2D eigenvalue weighted by Crippen LogP contribution is 2.32. The van der Waals surface area contributed by atoms with Crippen LogP contribution in [0.2, 0.25) is 5.02 Å². The quantitative estimate of drug-likeness (QED) is 0.537. The van der Waals surface area contributed by atoms with Gasteiger partial charge in [-0.2, -0.15) is 0 Å². The second kappa shape index (κ2) is 8.73. The number of benzene rings is 2. The third-order valence-electron chi connectivity index (χ3n) is 3.92. The Labute approximate surface area is 163 Å². The van der Waals surface area contributed by atoms with Crippen LogP contribution in [0.5, 0.6) is 5.75 Å². The van der Waals surface area contributed by atoms with Gasteiger partial charge in [0.2, 0.25) is 0 Å². The molecule has 1 aromatic heterocycles. The molecule has 27 heavy (non-hydrogen) atoms. The van der Waals surface area contributed by atoms with E-state index >= 15 is 0 Å². The van der Waals surface area contributed by atoms with Crippen molar-refractivity contribution in [2.24, 2.45) is 0 Å². The third kappa shape index (κ3) is 4.49. The first-order chi connectivity index (χ1) is 13.1. The molecule has 1 heterocycles. The van der Waals surface area contributed by atoms with Crippen LogP contribution in [0.25, 0.3) is 10.9 Å². The monoisotopic (exact) mass is 384 g/mol. The lowest BCUT2D eigenvalue weighted by Crippen LogP contribution is -2.09. The van der Waals surface area contributed by atoms with E-state index in [1.807, 2.05) is 30.3 Å². The first-order valence-corrected chi connectivity index (χ1v) is 9.25. The number of anilines is 2. The minimum absolute atomic E-state index is 0.287. The second-order valence-corrected chi connectivity index (χ2v) is 6.36. The summed E-state index contributed by atoms with van der Waals surface area (Å²) in [4.78, 5) is 16.8. The van der Waals surface area contributed by atoms with Gasteiger partial charge in [0.1, 0.15) is 11.3 Å². The van der Waals surface area contributed by atoms with E-state index in [0.717, 1.165) is 28.8 Å². The van der Waals surface area contributed by atoms with Crippen LogP contribution in [0.3, 0.4) is 0 Å². The molecule has 1 N–H and O–H groups in total. The van der Waals surface area contributed by atoms with Gasteiger partial charge < -0.3 is 14.8 Å². The molecule has 6 heteroatoms. The van der Waals surface area contributed by atoms with Crippen molar-refractivity contribution in [3.8, 4) is 5.75 Å². The van der Waals surface area contributed by atoms with E-state index in [-0.39, 0.29) is 6.61 Å². The fourth-order valence-corrected chi connectivity index (χ4v) is 2.83. The molecule has 3 rings (SSSR count). The Morgan fingerprint density at radius 1 is 1.15 bits per heavy atom. The molecule has 0 bridgehead atoms. The lowest BCUT2D eigenvalue weighted by molar-refractivity contribution is 0.0527. The summed E-state index contributed by atoms with van der Waals surface area (Å²) in [6, 6.07) is 12.9. The van der Waals surface area contributed by atoms with Gasteiger partial charge in [-0.25, -0.2) is 4.79 Å². The van der Waals surface area contributed by atoms with Crippen LogP contribution in [0.1, 0.15) is 30.6 Å². The Hall–Kier alpha value is -2.79. The van der Waals surface area contributed by atoms with Crippen molar-refractivity contribution >= 4 is 39.8 Å². The maximum absolute atomic E-state index is 12.4. The van der Waals surface area contributed by atoms with Crippen LogP contribution < -0.4 is 10.1 Å². The summed E-state index contributed by atoms with van der Waals surface area (Å²) in [5.74, 6) is 0.368. The van der Waals surface area contributed by atoms with Crippen molar-refractivity contribution < 1.29 is 14.3 Å². The number of ether oxygens (including phenoxy) is 2. The SMILES string of the molecule is CCCOc1ccc(Nc2c(C(=O)OCC)cnc3ccc(Cl)cc23)cc1. The zero-order valence-electron chi connectivity index (χ0n) is 15.3. The second-order valence-electron chi connectivity index (χ2n) is 5.93. The van der Waals surface area contributed by atoms with Crippen molar-refractivity contribution in [3.05, 3.63) is 59.2 Å². The molecule has 0 aliphatic rings. The Bertz CT molecular complexity index is 942. The number of nitrogens with one attached hydrogen (secondary N) is 1. The number of halogens is 1. The van der Waals surface area contributed by atoms with E-state index in [1.165, 1.54) is 6.20 Å². The molecule has 0 radical (unpaired) electrons. The van der Waals surface area contributed by atoms with Crippen LogP contribution >= 0.6 is 11.6 Å². The molecule has 140 valence electrons. The van der Waals surface area contributed by atoms with Crippen molar-refractivity contribution in [2.45, 2.75) is 20.3 Å². The number of carbonyl (C=O) groups is 1. The smallest absolute Gasteiger partial charge is 0.341 e. The molecule has 0 unspecified atom stereocenters. The van der Waals surface area contributed by atoms with Crippen LogP contribution in [0.4, 0.5) is 11.4 Å². The average molecular weight is 385 g/mol. The molecule has 2 aromatic carbocycles. The maximum atomic E-state index is 12.4. The van der Waals surface area contributed by atoms with Crippen LogP contribution in [-0.4, -0.2) is 24.2 Å². The Kier molecular flexibility index (Phi) is 6.14. The molecule has 0 aliphatic heterocycles. The Balaban J connectivity index is 2.01. The average Bonchev–Trinajstić information content (AvgIpc) is 2.68. The summed E-state index contributed by atoms with van der Waals surface area (Å²) in [6.45, 7) is 4.79. The molecule has 3 aromatic rings.